The molecular formula is C16H20N2O. The van der Waals surface area contributed by atoms with E-state index in [0.717, 1.165) is 28.5 Å². The third-order valence-electron chi connectivity index (χ3n) is 3.11. The van der Waals surface area contributed by atoms with Gasteiger partial charge in [-0.3, -0.25) is 0 Å². The minimum atomic E-state index is 0.416. The molecule has 0 aliphatic carbocycles. The molecule has 0 atom stereocenters. The molecule has 0 radical (unpaired) electrons. The molecule has 0 fully saturated rings. The maximum Gasteiger partial charge on any atom is 0.126 e. The summed E-state index contributed by atoms with van der Waals surface area (Å²) >= 11 is 0. The summed E-state index contributed by atoms with van der Waals surface area (Å²) in [5, 5.41) is 0. The van der Waals surface area contributed by atoms with E-state index in [9.17, 15) is 0 Å². The Bertz CT molecular complexity index is 571. The molecule has 1 aromatic carbocycles. The van der Waals surface area contributed by atoms with Crippen molar-refractivity contribution in [1.82, 2.24) is 9.97 Å². The normalized spacial score (nSPS) is 10.8. The van der Waals surface area contributed by atoms with E-state index in [-0.39, 0.29) is 0 Å². The van der Waals surface area contributed by atoms with Crippen LogP contribution in [0.4, 0.5) is 0 Å². The van der Waals surface area contributed by atoms with Crippen LogP contribution in [0.2, 0.25) is 0 Å². The van der Waals surface area contributed by atoms with Gasteiger partial charge in [-0.15, -0.1) is 0 Å². The van der Waals surface area contributed by atoms with Gasteiger partial charge < -0.3 is 4.74 Å². The van der Waals surface area contributed by atoms with E-state index >= 15 is 0 Å². The number of benzene rings is 1. The zero-order valence-electron chi connectivity index (χ0n) is 12.2. The molecule has 2 rings (SSSR count). The van der Waals surface area contributed by atoms with Crippen molar-refractivity contribution in [3.8, 4) is 17.0 Å². The van der Waals surface area contributed by atoms with E-state index in [1.165, 1.54) is 5.56 Å². The Hall–Kier alpha value is -1.90. The van der Waals surface area contributed by atoms with Gasteiger partial charge in [-0.05, 0) is 49.6 Å². The van der Waals surface area contributed by atoms with Crippen LogP contribution < -0.4 is 4.74 Å². The number of hydrogen-bond donors (Lipinski definition) is 0. The molecule has 1 aromatic heterocycles. The highest BCUT2D eigenvalue weighted by molar-refractivity contribution is 5.62. The average Bonchev–Trinajstić information content (AvgIpc) is 2.36. The number of nitrogens with zero attached hydrogens (tertiary/aromatic N) is 2. The molecule has 0 aliphatic heterocycles. The summed E-state index contributed by atoms with van der Waals surface area (Å²) < 4.78 is 5.41. The van der Waals surface area contributed by atoms with Gasteiger partial charge in [-0.2, -0.15) is 0 Å². The van der Waals surface area contributed by atoms with Crippen molar-refractivity contribution in [2.75, 3.05) is 7.11 Å². The number of hydrogen-bond acceptors (Lipinski definition) is 3. The van der Waals surface area contributed by atoms with Gasteiger partial charge in [0.05, 0.1) is 12.8 Å². The van der Waals surface area contributed by atoms with Crippen molar-refractivity contribution in [2.45, 2.75) is 33.6 Å². The van der Waals surface area contributed by atoms with Gasteiger partial charge in [-0.1, -0.05) is 13.8 Å². The van der Waals surface area contributed by atoms with Crippen LogP contribution in [0, 0.1) is 13.8 Å². The van der Waals surface area contributed by atoms with E-state index in [1.54, 1.807) is 7.11 Å². The third kappa shape index (κ3) is 2.92. The topological polar surface area (TPSA) is 35.0 Å². The fourth-order valence-corrected chi connectivity index (χ4v) is 2.21. The van der Waals surface area contributed by atoms with Gasteiger partial charge in [0.15, 0.2) is 0 Å². The van der Waals surface area contributed by atoms with E-state index < -0.39 is 0 Å². The van der Waals surface area contributed by atoms with Crippen molar-refractivity contribution in [3.05, 3.63) is 41.3 Å². The van der Waals surface area contributed by atoms with Crippen LogP contribution in [0.3, 0.4) is 0 Å². The van der Waals surface area contributed by atoms with Crippen molar-refractivity contribution < 1.29 is 4.74 Å². The second-order valence-corrected chi connectivity index (χ2v) is 5.05. The second kappa shape index (κ2) is 5.39. The Morgan fingerprint density at radius 3 is 2.37 bits per heavy atom. The molecule has 0 bridgehead atoms. The maximum atomic E-state index is 5.41. The van der Waals surface area contributed by atoms with E-state index in [4.69, 9.17) is 4.74 Å². The van der Waals surface area contributed by atoms with Gasteiger partial charge in [-0.25, -0.2) is 9.97 Å². The first-order chi connectivity index (χ1) is 9.01. The number of ether oxygens (including phenoxy) is 1. The second-order valence-electron chi connectivity index (χ2n) is 5.05. The highest BCUT2D eigenvalue weighted by Gasteiger charge is 2.10. The average molecular weight is 256 g/mol. The van der Waals surface area contributed by atoms with Crippen LogP contribution in [0.15, 0.2) is 24.3 Å². The molecule has 0 N–H and O–H groups in total. The Morgan fingerprint density at radius 1 is 1.05 bits per heavy atom. The summed E-state index contributed by atoms with van der Waals surface area (Å²) in [5.41, 5.74) is 4.27. The van der Waals surface area contributed by atoms with Crippen LogP contribution in [0.1, 0.15) is 36.8 Å². The Morgan fingerprint density at radius 2 is 1.79 bits per heavy atom. The number of methoxy groups -OCH3 is 1. The highest BCUT2D eigenvalue weighted by atomic mass is 16.5. The fourth-order valence-electron chi connectivity index (χ4n) is 2.21. The molecule has 0 aliphatic rings. The first kappa shape index (κ1) is 13.5. The molecule has 0 saturated carbocycles. The molecular weight excluding hydrogens is 236 g/mol. The Labute approximate surface area is 114 Å². The summed E-state index contributed by atoms with van der Waals surface area (Å²) in [7, 11) is 1.71. The summed E-state index contributed by atoms with van der Waals surface area (Å²) in [6.07, 6.45) is 0. The SMILES string of the molecule is COc1ccc(-c2cc(C)nc(C)n2)cc1C(C)C. The van der Waals surface area contributed by atoms with Crippen LogP contribution >= 0.6 is 0 Å². The predicted octanol–water partition coefficient (Wildman–Crippen LogP) is 3.89. The van der Waals surface area contributed by atoms with Crippen molar-refractivity contribution >= 4 is 0 Å². The van der Waals surface area contributed by atoms with Gasteiger partial charge >= 0.3 is 0 Å². The van der Waals surface area contributed by atoms with Crippen LogP contribution in [-0.2, 0) is 0 Å². The number of aryl methyl sites for hydroxylation is 2. The Kier molecular flexibility index (Phi) is 3.84. The van der Waals surface area contributed by atoms with Gasteiger partial charge in [0, 0.05) is 11.3 Å². The van der Waals surface area contributed by atoms with Gasteiger partial charge in [0.25, 0.3) is 0 Å². The zero-order valence-corrected chi connectivity index (χ0v) is 12.2. The van der Waals surface area contributed by atoms with E-state index in [2.05, 4.69) is 29.9 Å². The lowest BCUT2D eigenvalue weighted by Gasteiger charge is -2.13. The molecule has 1 heterocycles. The van der Waals surface area contributed by atoms with E-state index in [0.29, 0.717) is 5.92 Å². The summed E-state index contributed by atoms with van der Waals surface area (Å²) in [4.78, 5) is 8.82. The zero-order chi connectivity index (χ0) is 14.0. The largest absolute Gasteiger partial charge is 0.496 e. The van der Waals surface area contributed by atoms with Crippen molar-refractivity contribution in [3.63, 3.8) is 0 Å². The minimum absolute atomic E-state index is 0.416. The number of aromatic nitrogens is 2. The Balaban J connectivity index is 2.53. The molecule has 0 spiro atoms. The van der Waals surface area contributed by atoms with E-state index in [1.807, 2.05) is 32.0 Å². The molecule has 0 amide bonds. The molecule has 0 saturated heterocycles. The molecule has 0 unspecified atom stereocenters. The molecule has 3 heteroatoms. The smallest absolute Gasteiger partial charge is 0.126 e. The minimum Gasteiger partial charge on any atom is -0.496 e. The molecule has 100 valence electrons. The van der Waals surface area contributed by atoms with Gasteiger partial charge in [0.2, 0.25) is 0 Å². The van der Waals surface area contributed by atoms with Crippen LogP contribution in [0.25, 0.3) is 11.3 Å². The number of rotatable bonds is 3. The lowest BCUT2D eigenvalue weighted by Crippen LogP contribution is -1.97. The lowest BCUT2D eigenvalue weighted by molar-refractivity contribution is 0.407. The van der Waals surface area contributed by atoms with Crippen LogP contribution in [-0.4, -0.2) is 17.1 Å². The molecule has 2 aromatic rings. The fraction of sp³-hybridized carbons (Fsp3) is 0.375. The summed E-state index contributed by atoms with van der Waals surface area (Å²) in [6.45, 7) is 8.24. The standard InChI is InChI=1S/C16H20N2O/c1-10(2)14-9-13(6-7-16(14)19-5)15-8-11(3)17-12(4)18-15/h6-10H,1-5H3. The molecule has 19 heavy (non-hydrogen) atoms. The first-order valence-corrected chi connectivity index (χ1v) is 6.52. The summed E-state index contributed by atoms with van der Waals surface area (Å²) in [6, 6.07) is 8.23. The maximum absolute atomic E-state index is 5.41. The molecule has 3 nitrogen and oxygen atoms in total. The third-order valence-corrected chi connectivity index (χ3v) is 3.11. The van der Waals surface area contributed by atoms with Crippen molar-refractivity contribution in [2.24, 2.45) is 0 Å². The van der Waals surface area contributed by atoms with Crippen LogP contribution in [0.5, 0.6) is 5.75 Å². The quantitative estimate of drug-likeness (QED) is 0.835. The lowest BCUT2D eigenvalue weighted by atomic mass is 9.98. The predicted molar refractivity (Wildman–Crippen MR) is 77.6 cm³/mol. The van der Waals surface area contributed by atoms with Crippen molar-refractivity contribution in [1.29, 1.82) is 0 Å². The highest BCUT2D eigenvalue weighted by Crippen LogP contribution is 2.30. The van der Waals surface area contributed by atoms with Gasteiger partial charge in [0.1, 0.15) is 11.6 Å². The monoisotopic (exact) mass is 256 g/mol. The first-order valence-electron chi connectivity index (χ1n) is 6.52. The summed E-state index contributed by atoms with van der Waals surface area (Å²) in [5.74, 6) is 2.15.